The van der Waals surface area contributed by atoms with Gasteiger partial charge < -0.3 is 10.2 Å². The van der Waals surface area contributed by atoms with Gasteiger partial charge in [0.25, 0.3) is 0 Å². The Morgan fingerprint density at radius 3 is 2.44 bits per heavy atom. The molecule has 0 radical (unpaired) electrons. The van der Waals surface area contributed by atoms with Gasteiger partial charge in [-0.05, 0) is 0 Å². The van der Waals surface area contributed by atoms with Crippen LogP contribution in [0, 0.1) is 0 Å². The van der Waals surface area contributed by atoms with E-state index >= 15 is 0 Å². The van der Waals surface area contributed by atoms with E-state index < -0.39 is 0 Å². The van der Waals surface area contributed by atoms with E-state index in [0.717, 1.165) is 0 Å². The van der Waals surface area contributed by atoms with Gasteiger partial charge in [0.05, 0.1) is 6.20 Å². The highest BCUT2D eigenvalue weighted by Gasteiger charge is 1.59. The summed E-state index contributed by atoms with van der Waals surface area (Å²) in [5.74, 6) is 0. The van der Waals surface area contributed by atoms with E-state index in [1.54, 1.807) is 6.20 Å². The van der Waals surface area contributed by atoms with Gasteiger partial charge in [0, 0.05) is 0 Å². The van der Waals surface area contributed by atoms with E-state index in [0.29, 0.717) is 0 Å². The highest BCUT2D eigenvalue weighted by atomic mass is 32.1. The van der Waals surface area contributed by atoms with Crippen molar-refractivity contribution < 1.29 is 4.42 Å². The Bertz CT molecular complexity index is 130. The van der Waals surface area contributed by atoms with Crippen LogP contribution >= 0.6 is 24.8 Å². The van der Waals surface area contributed by atoms with Gasteiger partial charge in [0.1, 0.15) is 10.6 Å². The predicted octanol–water partition coefficient (Wildman–Crippen LogP) is 0.834. The molecule has 1 aromatic rings. The number of oxazole rings is 1. The molecule has 9 heavy (non-hydrogen) atoms. The van der Waals surface area contributed by atoms with E-state index in [-0.39, 0.29) is 4.32 Å². The zero-order chi connectivity index (χ0) is 7.11. The number of aromatic nitrogens is 1. The molecule has 0 fully saturated rings. The molecule has 1 aromatic heterocycles. The molecule has 0 aliphatic carbocycles. The van der Waals surface area contributed by atoms with Crippen LogP contribution in [0.3, 0.4) is 0 Å². The summed E-state index contributed by atoms with van der Waals surface area (Å²) in [5, 5.41) is 0. The molecule has 0 aromatic carbocycles. The standard InChI is InChI=1S/C3H3NO.CH3NS2/c1-2-5-3-4-1;2-1(3)4/h1-3H;(H3,2,3,4). The van der Waals surface area contributed by atoms with Crippen LogP contribution < -0.4 is 5.73 Å². The minimum Gasteiger partial charge on any atom is -0.452 e. The zero-order valence-corrected chi connectivity index (χ0v) is 6.23. The van der Waals surface area contributed by atoms with Gasteiger partial charge in [-0.25, -0.2) is 4.98 Å². The summed E-state index contributed by atoms with van der Waals surface area (Å²) >= 11 is 7.65. The lowest BCUT2D eigenvalue weighted by molar-refractivity contribution is 0.558. The third kappa shape index (κ3) is 11.2. The third-order valence-corrected chi connectivity index (χ3v) is 0.347. The van der Waals surface area contributed by atoms with Gasteiger partial charge in [-0.1, -0.05) is 12.2 Å². The summed E-state index contributed by atoms with van der Waals surface area (Å²) in [6, 6.07) is 0. The molecule has 1 heterocycles. The SMILES string of the molecule is NC(=S)S.c1cocn1. The van der Waals surface area contributed by atoms with Crippen molar-refractivity contribution in [3.8, 4) is 0 Å². The first-order chi connectivity index (χ1) is 4.23. The summed E-state index contributed by atoms with van der Waals surface area (Å²) < 4.78 is 4.67. The van der Waals surface area contributed by atoms with Crippen LogP contribution in [0.5, 0.6) is 0 Å². The van der Waals surface area contributed by atoms with Crippen LogP contribution in [0.2, 0.25) is 0 Å². The molecule has 5 heteroatoms. The average Bonchev–Trinajstić information content (AvgIpc) is 2.11. The Kier molecular flexibility index (Phi) is 5.24. The molecule has 1 rings (SSSR count). The Morgan fingerprint density at radius 2 is 2.33 bits per heavy atom. The van der Waals surface area contributed by atoms with Gasteiger partial charge in [-0.2, -0.15) is 0 Å². The summed E-state index contributed by atoms with van der Waals surface area (Å²) in [7, 11) is 0. The van der Waals surface area contributed by atoms with Crippen molar-refractivity contribution in [2.24, 2.45) is 5.73 Å². The number of hydrogen-bond acceptors (Lipinski definition) is 3. The highest BCUT2D eigenvalue weighted by Crippen LogP contribution is 1.72. The Hall–Kier alpha value is -0.550. The van der Waals surface area contributed by atoms with Crippen molar-refractivity contribution in [1.82, 2.24) is 4.98 Å². The minimum atomic E-state index is 0.194. The molecule has 0 saturated heterocycles. The number of nitrogens with two attached hydrogens (primary N) is 1. The summed E-state index contributed by atoms with van der Waals surface area (Å²) in [6.07, 6.45) is 4.47. The lowest BCUT2D eigenvalue weighted by Crippen LogP contribution is -1.94. The molecule has 0 aliphatic rings. The Balaban J connectivity index is 0.000000148. The number of rotatable bonds is 0. The Morgan fingerprint density at radius 1 is 1.78 bits per heavy atom. The maximum Gasteiger partial charge on any atom is 0.180 e. The maximum absolute atomic E-state index is 4.71. The van der Waals surface area contributed by atoms with Crippen LogP contribution in [-0.4, -0.2) is 9.30 Å². The number of thiocarbonyl (C=S) groups is 1. The maximum atomic E-state index is 4.71. The average molecular weight is 162 g/mol. The summed E-state index contributed by atoms with van der Waals surface area (Å²) in [5.41, 5.74) is 4.71. The van der Waals surface area contributed by atoms with E-state index in [4.69, 9.17) is 5.73 Å². The molecule has 0 aliphatic heterocycles. The first-order valence-electron chi connectivity index (χ1n) is 2.04. The fraction of sp³-hybridized carbons (Fsp3) is 0. The second kappa shape index (κ2) is 5.58. The van der Waals surface area contributed by atoms with Gasteiger partial charge in [0.2, 0.25) is 0 Å². The first kappa shape index (κ1) is 8.45. The number of nitrogens with zero attached hydrogens (tertiary/aromatic N) is 1. The number of hydrogen-bond donors (Lipinski definition) is 2. The van der Waals surface area contributed by atoms with Gasteiger partial charge >= 0.3 is 0 Å². The van der Waals surface area contributed by atoms with Crippen LogP contribution in [0.1, 0.15) is 0 Å². The van der Waals surface area contributed by atoms with Crippen LogP contribution in [0.15, 0.2) is 23.3 Å². The Labute approximate surface area is 63.7 Å². The smallest absolute Gasteiger partial charge is 0.180 e. The monoisotopic (exact) mass is 162 g/mol. The van der Waals surface area contributed by atoms with Crippen molar-refractivity contribution in [2.75, 3.05) is 0 Å². The lowest BCUT2D eigenvalue weighted by Gasteiger charge is -1.64. The van der Waals surface area contributed by atoms with E-state index in [1.807, 2.05) is 0 Å². The van der Waals surface area contributed by atoms with Crippen molar-refractivity contribution >= 4 is 29.2 Å². The van der Waals surface area contributed by atoms with Crippen molar-refractivity contribution in [2.45, 2.75) is 0 Å². The highest BCUT2D eigenvalue weighted by molar-refractivity contribution is 8.10. The third-order valence-electron chi connectivity index (χ3n) is 0.347. The van der Waals surface area contributed by atoms with Crippen molar-refractivity contribution in [3.05, 3.63) is 18.9 Å². The summed E-state index contributed by atoms with van der Waals surface area (Å²) in [6.45, 7) is 0. The predicted molar refractivity (Wildman–Crippen MR) is 42.3 cm³/mol. The molecule has 0 amide bonds. The molecule has 0 atom stereocenters. The van der Waals surface area contributed by atoms with Gasteiger partial charge in [-0.15, -0.1) is 12.6 Å². The van der Waals surface area contributed by atoms with Gasteiger partial charge in [-0.3, -0.25) is 0 Å². The molecular weight excluding hydrogens is 156 g/mol. The number of thiol groups is 1. The largest absolute Gasteiger partial charge is 0.452 e. The van der Waals surface area contributed by atoms with E-state index in [2.05, 4.69) is 34.2 Å². The first-order valence-corrected chi connectivity index (χ1v) is 2.89. The fourth-order valence-corrected chi connectivity index (χ4v) is 0.176. The quantitative estimate of drug-likeness (QED) is 0.438. The minimum absolute atomic E-state index is 0.194. The molecule has 0 saturated carbocycles. The van der Waals surface area contributed by atoms with Crippen molar-refractivity contribution in [3.63, 3.8) is 0 Å². The van der Waals surface area contributed by atoms with Crippen molar-refractivity contribution in [1.29, 1.82) is 0 Å². The van der Waals surface area contributed by atoms with Crippen LogP contribution in [-0.2, 0) is 0 Å². The van der Waals surface area contributed by atoms with Gasteiger partial charge in [0.15, 0.2) is 6.39 Å². The molecule has 3 nitrogen and oxygen atoms in total. The van der Waals surface area contributed by atoms with E-state index in [1.165, 1.54) is 12.7 Å². The second-order valence-electron chi connectivity index (χ2n) is 1.01. The topological polar surface area (TPSA) is 52.0 Å². The zero-order valence-electron chi connectivity index (χ0n) is 4.52. The molecule has 2 N–H and O–H groups in total. The van der Waals surface area contributed by atoms with Crippen LogP contribution in [0.4, 0.5) is 0 Å². The lowest BCUT2D eigenvalue weighted by atomic mass is 11.0. The van der Waals surface area contributed by atoms with E-state index in [9.17, 15) is 0 Å². The molecule has 0 bridgehead atoms. The second-order valence-corrected chi connectivity index (χ2v) is 2.24. The normalized spacial score (nSPS) is 7.22. The molecule has 0 spiro atoms. The molecular formula is C4H6N2OS2. The summed E-state index contributed by atoms with van der Waals surface area (Å²) in [4.78, 5) is 3.56. The van der Waals surface area contributed by atoms with Crippen LogP contribution in [0.25, 0.3) is 0 Å². The molecule has 0 unspecified atom stereocenters. The fourth-order valence-electron chi connectivity index (χ4n) is 0.176. The molecule has 50 valence electrons.